The molecule has 1 aliphatic heterocycles. The molecule has 0 atom stereocenters. The summed E-state index contributed by atoms with van der Waals surface area (Å²) in [6, 6.07) is 6.91. The first-order chi connectivity index (χ1) is 13.5. The fraction of sp³-hybridized carbons (Fsp3) is 0.750. The first-order valence-corrected chi connectivity index (χ1v) is 12.2. The number of nitrogens with two attached hydrogens (primary N) is 1. The summed E-state index contributed by atoms with van der Waals surface area (Å²) in [6.45, 7) is 7.98. The third-order valence-electron chi connectivity index (χ3n) is 6.58. The van der Waals surface area contributed by atoms with E-state index in [-0.39, 0.29) is 6.10 Å². The molecule has 3 rings (SSSR count). The lowest BCUT2D eigenvalue weighted by Crippen LogP contribution is -2.35. The second-order valence-electron chi connectivity index (χ2n) is 9.33. The van der Waals surface area contributed by atoms with Crippen molar-refractivity contribution in [1.82, 2.24) is 4.90 Å². The number of ether oxygens (including phenoxy) is 1. The molecule has 158 valence electrons. The molecule has 2 fully saturated rings. The maximum absolute atomic E-state index is 6.03. The van der Waals surface area contributed by atoms with Crippen molar-refractivity contribution in [2.45, 2.75) is 83.8 Å². The highest BCUT2D eigenvalue weighted by molar-refractivity contribution is 9.10. The zero-order chi connectivity index (χ0) is 19.9. The molecule has 0 bridgehead atoms. The van der Waals surface area contributed by atoms with Crippen molar-refractivity contribution < 1.29 is 4.74 Å². The van der Waals surface area contributed by atoms with Crippen molar-refractivity contribution in [3.05, 3.63) is 28.2 Å². The number of rotatable bonds is 8. The summed E-state index contributed by atoms with van der Waals surface area (Å²) in [6.07, 6.45) is 12.0. The third-order valence-corrected chi connectivity index (χ3v) is 7.36. The Morgan fingerprint density at radius 1 is 1.07 bits per heavy atom. The van der Waals surface area contributed by atoms with Gasteiger partial charge in [-0.2, -0.15) is 0 Å². The van der Waals surface area contributed by atoms with Crippen LogP contribution in [0.4, 0.5) is 0 Å². The van der Waals surface area contributed by atoms with Crippen molar-refractivity contribution in [2.24, 2.45) is 17.6 Å². The fourth-order valence-electron chi connectivity index (χ4n) is 4.86. The van der Waals surface area contributed by atoms with Crippen LogP contribution < -0.4 is 10.5 Å². The number of nitrogens with zero attached hydrogens (tertiary/aromatic N) is 1. The maximum atomic E-state index is 6.03. The molecule has 1 saturated heterocycles. The molecule has 1 heterocycles. The minimum atomic E-state index is 0.225. The van der Waals surface area contributed by atoms with Gasteiger partial charge in [0.05, 0.1) is 6.10 Å². The molecule has 3 nitrogen and oxygen atoms in total. The average Bonchev–Trinajstić information content (AvgIpc) is 2.67. The van der Waals surface area contributed by atoms with Crippen molar-refractivity contribution in [2.75, 3.05) is 19.6 Å². The normalized spacial score (nSPS) is 24.6. The zero-order valence-corrected chi connectivity index (χ0v) is 19.4. The molecule has 0 amide bonds. The standard InChI is InChI=1S/C24H39BrN2O/c1-18(2)28-23-9-10-24(25)21(17-23)16-20-11-14-27(15-12-20)13-3-4-19-5-7-22(26)8-6-19/h9-10,17-20,22H,3-8,11-16,26H2,1-2H3/t19-,22+. The Bertz CT molecular complexity index is 590. The Kier molecular flexibility index (Phi) is 8.68. The van der Waals surface area contributed by atoms with Crippen LogP contribution in [0.25, 0.3) is 0 Å². The predicted molar refractivity (Wildman–Crippen MR) is 122 cm³/mol. The molecule has 2 N–H and O–H groups in total. The van der Waals surface area contributed by atoms with Crippen LogP contribution in [0.1, 0.15) is 70.8 Å². The highest BCUT2D eigenvalue weighted by atomic mass is 79.9. The van der Waals surface area contributed by atoms with Crippen LogP contribution in [-0.4, -0.2) is 36.7 Å². The quantitative estimate of drug-likeness (QED) is 0.544. The molecule has 0 unspecified atom stereocenters. The summed E-state index contributed by atoms with van der Waals surface area (Å²) in [5.41, 5.74) is 7.43. The van der Waals surface area contributed by atoms with E-state index in [9.17, 15) is 0 Å². The Hall–Kier alpha value is -0.580. The number of hydrogen-bond acceptors (Lipinski definition) is 3. The van der Waals surface area contributed by atoms with Gasteiger partial charge >= 0.3 is 0 Å². The number of piperidine rings is 1. The second kappa shape index (κ2) is 11.0. The Morgan fingerprint density at radius 2 is 1.79 bits per heavy atom. The van der Waals surface area contributed by atoms with E-state index in [1.165, 1.54) is 81.0 Å². The summed E-state index contributed by atoms with van der Waals surface area (Å²) in [4.78, 5) is 2.69. The molecule has 1 aromatic carbocycles. The van der Waals surface area contributed by atoms with Crippen molar-refractivity contribution >= 4 is 15.9 Å². The van der Waals surface area contributed by atoms with Gasteiger partial charge in [0.25, 0.3) is 0 Å². The second-order valence-corrected chi connectivity index (χ2v) is 10.2. The molecular weight excluding hydrogens is 412 g/mol. The number of likely N-dealkylation sites (tertiary alicyclic amines) is 1. The van der Waals surface area contributed by atoms with Gasteiger partial charge in [-0.25, -0.2) is 0 Å². The van der Waals surface area contributed by atoms with Gasteiger partial charge < -0.3 is 15.4 Å². The molecule has 0 radical (unpaired) electrons. The number of hydrogen-bond donors (Lipinski definition) is 1. The molecule has 4 heteroatoms. The van der Waals surface area contributed by atoms with Gasteiger partial charge in [-0.3, -0.25) is 0 Å². The van der Waals surface area contributed by atoms with Gasteiger partial charge in [-0.1, -0.05) is 15.9 Å². The van der Waals surface area contributed by atoms with Crippen LogP contribution in [0.15, 0.2) is 22.7 Å². The van der Waals surface area contributed by atoms with Crippen LogP contribution in [0.2, 0.25) is 0 Å². The van der Waals surface area contributed by atoms with Crippen molar-refractivity contribution in [1.29, 1.82) is 0 Å². The van der Waals surface area contributed by atoms with Gasteiger partial charge in [0.1, 0.15) is 5.75 Å². The van der Waals surface area contributed by atoms with Crippen LogP contribution in [0.3, 0.4) is 0 Å². The van der Waals surface area contributed by atoms with Crippen LogP contribution in [-0.2, 0) is 6.42 Å². The molecular formula is C24H39BrN2O. The monoisotopic (exact) mass is 450 g/mol. The SMILES string of the molecule is CC(C)Oc1ccc(Br)c(CC2CCN(CCC[C@H]3CC[C@@H](N)CC3)CC2)c1. The summed E-state index contributed by atoms with van der Waals surface area (Å²) < 4.78 is 7.10. The van der Waals surface area contributed by atoms with Crippen LogP contribution in [0, 0.1) is 11.8 Å². The molecule has 28 heavy (non-hydrogen) atoms. The molecule has 0 aromatic heterocycles. The van der Waals surface area contributed by atoms with E-state index in [0.29, 0.717) is 6.04 Å². The predicted octanol–water partition coefficient (Wildman–Crippen LogP) is 5.79. The van der Waals surface area contributed by atoms with Crippen molar-refractivity contribution in [3.8, 4) is 5.75 Å². The van der Waals surface area contributed by atoms with Gasteiger partial charge in [0.2, 0.25) is 0 Å². The summed E-state index contributed by atoms with van der Waals surface area (Å²) in [7, 11) is 0. The van der Waals surface area contributed by atoms with Gasteiger partial charge in [-0.15, -0.1) is 0 Å². The molecule has 1 aromatic rings. The Morgan fingerprint density at radius 3 is 2.46 bits per heavy atom. The minimum Gasteiger partial charge on any atom is -0.491 e. The van der Waals surface area contributed by atoms with E-state index in [1.807, 2.05) is 0 Å². The van der Waals surface area contributed by atoms with Gasteiger partial charge in [-0.05, 0) is 127 Å². The lowest BCUT2D eigenvalue weighted by Gasteiger charge is -2.33. The van der Waals surface area contributed by atoms with Crippen LogP contribution >= 0.6 is 15.9 Å². The largest absolute Gasteiger partial charge is 0.491 e. The first-order valence-electron chi connectivity index (χ1n) is 11.4. The Labute approximate surface area is 180 Å². The summed E-state index contributed by atoms with van der Waals surface area (Å²) >= 11 is 3.74. The van der Waals surface area contributed by atoms with E-state index in [2.05, 4.69) is 52.9 Å². The van der Waals surface area contributed by atoms with Gasteiger partial charge in [0, 0.05) is 10.5 Å². The topological polar surface area (TPSA) is 38.5 Å². The molecule has 0 spiro atoms. The van der Waals surface area contributed by atoms with E-state index < -0.39 is 0 Å². The summed E-state index contributed by atoms with van der Waals surface area (Å²) in [5.74, 6) is 2.73. The van der Waals surface area contributed by atoms with Crippen molar-refractivity contribution in [3.63, 3.8) is 0 Å². The molecule has 2 aliphatic rings. The van der Waals surface area contributed by atoms with Gasteiger partial charge in [0.15, 0.2) is 0 Å². The minimum absolute atomic E-state index is 0.225. The number of halogens is 1. The maximum Gasteiger partial charge on any atom is 0.120 e. The van der Waals surface area contributed by atoms with E-state index in [4.69, 9.17) is 10.5 Å². The van der Waals surface area contributed by atoms with E-state index in [1.54, 1.807) is 0 Å². The molecule has 1 aliphatic carbocycles. The van der Waals surface area contributed by atoms with E-state index in [0.717, 1.165) is 24.0 Å². The lowest BCUT2D eigenvalue weighted by molar-refractivity contribution is 0.175. The zero-order valence-electron chi connectivity index (χ0n) is 17.8. The average molecular weight is 451 g/mol. The third kappa shape index (κ3) is 7.03. The number of benzene rings is 1. The smallest absolute Gasteiger partial charge is 0.120 e. The Balaban J connectivity index is 1.37. The highest BCUT2D eigenvalue weighted by Crippen LogP contribution is 2.30. The van der Waals surface area contributed by atoms with E-state index >= 15 is 0 Å². The first kappa shape index (κ1) is 22.1. The highest BCUT2D eigenvalue weighted by Gasteiger charge is 2.22. The molecule has 1 saturated carbocycles. The summed E-state index contributed by atoms with van der Waals surface area (Å²) in [5, 5.41) is 0. The fourth-order valence-corrected chi connectivity index (χ4v) is 5.27. The van der Waals surface area contributed by atoms with Crippen LogP contribution in [0.5, 0.6) is 5.75 Å². The lowest BCUT2D eigenvalue weighted by atomic mass is 9.83.